The van der Waals surface area contributed by atoms with E-state index < -0.39 is 11.0 Å². The van der Waals surface area contributed by atoms with Gasteiger partial charge in [0.25, 0.3) is 0 Å². The number of nitrogens with one attached hydrogen (secondary N) is 1. The van der Waals surface area contributed by atoms with E-state index in [0.717, 1.165) is 21.3 Å². The molecule has 0 aliphatic carbocycles. The molecule has 1 aliphatic heterocycles. The average Bonchev–Trinajstić information content (AvgIpc) is 2.74. The van der Waals surface area contributed by atoms with Gasteiger partial charge in [0.1, 0.15) is 6.04 Å². The SMILES string of the molecule is O=[N+]([O-])C1=NN(c2ccc(Br)cc2)[C@H](c2ccccc2)N[C@@H]1c1ccccc1. The molecule has 140 valence electrons. The quantitative estimate of drug-likeness (QED) is 0.468. The van der Waals surface area contributed by atoms with Gasteiger partial charge in [-0.2, -0.15) is 5.01 Å². The van der Waals surface area contributed by atoms with Crippen LogP contribution in [-0.4, -0.2) is 10.8 Å². The summed E-state index contributed by atoms with van der Waals surface area (Å²) in [6.45, 7) is 0. The van der Waals surface area contributed by atoms with Crippen LogP contribution in [0.3, 0.4) is 0 Å². The van der Waals surface area contributed by atoms with Crippen molar-refractivity contribution in [3.63, 3.8) is 0 Å². The highest BCUT2D eigenvalue weighted by molar-refractivity contribution is 9.10. The Kier molecular flexibility index (Phi) is 5.18. The van der Waals surface area contributed by atoms with Crippen LogP contribution in [0.5, 0.6) is 0 Å². The summed E-state index contributed by atoms with van der Waals surface area (Å²) in [4.78, 5) is 11.4. The van der Waals surface area contributed by atoms with Crippen molar-refractivity contribution in [2.24, 2.45) is 5.10 Å². The fourth-order valence-corrected chi connectivity index (χ4v) is 3.50. The monoisotopic (exact) mass is 436 g/mol. The summed E-state index contributed by atoms with van der Waals surface area (Å²) in [5, 5.41) is 21.4. The Morgan fingerprint density at radius 3 is 2.04 bits per heavy atom. The van der Waals surface area contributed by atoms with Gasteiger partial charge < -0.3 is 10.1 Å². The van der Waals surface area contributed by atoms with Crippen molar-refractivity contribution in [2.75, 3.05) is 5.01 Å². The predicted octanol–water partition coefficient (Wildman–Crippen LogP) is 4.89. The van der Waals surface area contributed by atoms with Crippen molar-refractivity contribution in [2.45, 2.75) is 12.2 Å². The van der Waals surface area contributed by atoms with Crippen LogP contribution in [0.25, 0.3) is 0 Å². The summed E-state index contributed by atoms with van der Waals surface area (Å²) in [5.74, 6) is -0.138. The molecule has 6 nitrogen and oxygen atoms in total. The first-order chi connectivity index (χ1) is 13.6. The summed E-state index contributed by atoms with van der Waals surface area (Å²) < 4.78 is 0.929. The number of amidine groups is 1. The van der Waals surface area contributed by atoms with E-state index in [1.54, 1.807) is 5.01 Å². The second-order valence-electron chi connectivity index (χ2n) is 6.36. The van der Waals surface area contributed by atoms with Crippen molar-refractivity contribution >= 4 is 27.5 Å². The van der Waals surface area contributed by atoms with Crippen molar-refractivity contribution < 1.29 is 4.92 Å². The lowest BCUT2D eigenvalue weighted by Gasteiger charge is -2.33. The summed E-state index contributed by atoms with van der Waals surface area (Å²) in [6.07, 6.45) is -0.351. The number of rotatable bonds is 3. The molecule has 0 amide bonds. The zero-order chi connectivity index (χ0) is 19.5. The van der Waals surface area contributed by atoms with E-state index in [-0.39, 0.29) is 12.0 Å². The van der Waals surface area contributed by atoms with Gasteiger partial charge in [-0.3, -0.25) is 5.32 Å². The van der Waals surface area contributed by atoms with Crippen LogP contribution in [-0.2, 0) is 0 Å². The number of halogens is 1. The fourth-order valence-electron chi connectivity index (χ4n) is 3.23. The number of anilines is 1. The molecule has 2 atom stereocenters. The van der Waals surface area contributed by atoms with Gasteiger partial charge in [-0.25, -0.2) is 0 Å². The van der Waals surface area contributed by atoms with Crippen LogP contribution in [0.1, 0.15) is 23.3 Å². The zero-order valence-electron chi connectivity index (χ0n) is 14.8. The van der Waals surface area contributed by atoms with E-state index in [9.17, 15) is 10.1 Å². The van der Waals surface area contributed by atoms with Gasteiger partial charge >= 0.3 is 5.84 Å². The van der Waals surface area contributed by atoms with E-state index in [4.69, 9.17) is 0 Å². The lowest BCUT2D eigenvalue weighted by molar-refractivity contribution is -0.356. The van der Waals surface area contributed by atoms with Gasteiger partial charge in [-0.05, 0) is 40.3 Å². The lowest BCUT2D eigenvalue weighted by Crippen LogP contribution is -2.48. The first kappa shape index (κ1) is 18.3. The van der Waals surface area contributed by atoms with Crippen molar-refractivity contribution in [3.8, 4) is 0 Å². The molecule has 4 rings (SSSR count). The molecule has 3 aromatic rings. The third kappa shape index (κ3) is 3.67. The molecule has 1 N–H and O–H groups in total. The van der Waals surface area contributed by atoms with Gasteiger partial charge in [0.05, 0.1) is 10.8 Å². The van der Waals surface area contributed by atoms with Crippen molar-refractivity contribution in [3.05, 3.63) is 111 Å². The summed E-state index contributed by atoms with van der Waals surface area (Å²) >= 11 is 3.43. The Morgan fingerprint density at radius 1 is 0.893 bits per heavy atom. The van der Waals surface area contributed by atoms with Crippen molar-refractivity contribution in [1.29, 1.82) is 0 Å². The van der Waals surface area contributed by atoms with E-state index >= 15 is 0 Å². The van der Waals surface area contributed by atoms with Crippen LogP contribution in [0.15, 0.2) is 94.5 Å². The number of hydrogen-bond acceptors (Lipinski definition) is 5. The fraction of sp³-hybridized carbons (Fsp3) is 0.0952. The molecule has 0 radical (unpaired) electrons. The minimum atomic E-state index is -0.617. The Morgan fingerprint density at radius 2 is 1.46 bits per heavy atom. The molecule has 1 aliphatic rings. The summed E-state index contributed by atoms with van der Waals surface area (Å²) in [7, 11) is 0. The maximum Gasteiger partial charge on any atom is 0.385 e. The van der Waals surface area contributed by atoms with Crippen LogP contribution in [0.2, 0.25) is 0 Å². The Balaban J connectivity index is 1.84. The summed E-state index contributed by atoms with van der Waals surface area (Å²) in [6, 6.07) is 26.1. The average molecular weight is 437 g/mol. The number of nitro groups is 1. The maximum absolute atomic E-state index is 11.8. The van der Waals surface area contributed by atoms with Crippen LogP contribution >= 0.6 is 15.9 Å². The normalized spacial score (nSPS) is 19.2. The van der Waals surface area contributed by atoms with E-state index in [1.165, 1.54) is 0 Å². The Hall–Kier alpha value is -3.03. The molecular formula is C21H17BrN4O2. The molecule has 0 saturated carbocycles. The largest absolute Gasteiger partial charge is 0.385 e. The molecule has 0 spiro atoms. The van der Waals surface area contributed by atoms with E-state index in [0.29, 0.717) is 0 Å². The molecule has 0 bridgehead atoms. The highest BCUT2D eigenvalue weighted by Gasteiger charge is 2.41. The highest BCUT2D eigenvalue weighted by atomic mass is 79.9. The predicted molar refractivity (Wildman–Crippen MR) is 113 cm³/mol. The third-order valence-electron chi connectivity index (χ3n) is 4.56. The number of benzene rings is 3. The molecule has 0 saturated heterocycles. The minimum Gasteiger partial charge on any atom is -0.358 e. The van der Waals surface area contributed by atoms with Crippen LogP contribution < -0.4 is 10.3 Å². The molecule has 0 aromatic heterocycles. The minimum absolute atomic E-state index is 0.138. The first-order valence-corrected chi connectivity index (χ1v) is 9.56. The number of hydrazone groups is 1. The summed E-state index contributed by atoms with van der Waals surface area (Å²) in [5.41, 5.74) is 2.53. The highest BCUT2D eigenvalue weighted by Crippen LogP contribution is 2.33. The molecular weight excluding hydrogens is 420 g/mol. The van der Waals surface area contributed by atoms with Gasteiger partial charge in [0.15, 0.2) is 6.17 Å². The number of nitrogens with zero attached hydrogens (tertiary/aromatic N) is 3. The van der Waals surface area contributed by atoms with Gasteiger partial charge in [-0.15, -0.1) is 0 Å². The second-order valence-corrected chi connectivity index (χ2v) is 7.28. The van der Waals surface area contributed by atoms with Gasteiger partial charge in [0.2, 0.25) is 0 Å². The molecule has 7 heteroatoms. The Bertz CT molecular complexity index is 994. The smallest absolute Gasteiger partial charge is 0.358 e. The molecule has 28 heavy (non-hydrogen) atoms. The zero-order valence-corrected chi connectivity index (χ0v) is 16.4. The van der Waals surface area contributed by atoms with Crippen LogP contribution in [0, 0.1) is 10.1 Å². The molecule has 0 fully saturated rings. The standard InChI is InChI=1S/C21H17BrN4O2/c22-17-11-13-18(14-12-17)25-20(16-9-5-2-6-10-16)23-19(21(24-25)26(27)28)15-7-3-1-4-8-15/h1-14,19-20,23H/t19-,20-/m1/s1. The maximum atomic E-state index is 11.8. The van der Waals surface area contributed by atoms with Gasteiger partial charge in [0, 0.05) is 4.47 Å². The molecule has 3 aromatic carbocycles. The first-order valence-electron chi connectivity index (χ1n) is 8.77. The topological polar surface area (TPSA) is 70.8 Å². The van der Waals surface area contributed by atoms with Gasteiger partial charge in [-0.1, -0.05) is 76.6 Å². The lowest BCUT2D eigenvalue weighted by atomic mass is 10.0. The van der Waals surface area contributed by atoms with Crippen LogP contribution in [0.4, 0.5) is 5.69 Å². The second kappa shape index (κ2) is 7.92. The van der Waals surface area contributed by atoms with E-state index in [2.05, 4.69) is 26.3 Å². The molecule has 0 unspecified atom stereocenters. The van der Waals surface area contributed by atoms with E-state index in [1.807, 2.05) is 84.9 Å². The number of hydrogen-bond donors (Lipinski definition) is 1. The van der Waals surface area contributed by atoms with Crippen molar-refractivity contribution in [1.82, 2.24) is 5.32 Å². The Labute approximate surface area is 170 Å². The third-order valence-corrected chi connectivity index (χ3v) is 5.09. The molecule has 1 heterocycles.